The standard InChI is InChI=1S/C16H19NO5/c1-10-12-4-3-11(19)9-14(12)22-16(21)13(10)5-6-15(20)17-7-2-8-18/h3-4,9,18-19H,2,5-8H2,1H3,(H,17,20). The van der Waals surface area contributed by atoms with Gasteiger partial charge in [-0.1, -0.05) is 0 Å². The van der Waals surface area contributed by atoms with Crippen LogP contribution in [0.15, 0.2) is 27.4 Å². The lowest BCUT2D eigenvalue weighted by atomic mass is 10.0. The normalized spacial score (nSPS) is 10.8. The number of hydrogen-bond donors (Lipinski definition) is 3. The fraction of sp³-hybridized carbons (Fsp3) is 0.375. The van der Waals surface area contributed by atoms with Gasteiger partial charge in [0.25, 0.3) is 0 Å². The van der Waals surface area contributed by atoms with E-state index in [0.717, 1.165) is 10.9 Å². The zero-order valence-corrected chi connectivity index (χ0v) is 12.4. The van der Waals surface area contributed by atoms with Gasteiger partial charge in [0.15, 0.2) is 0 Å². The summed E-state index contributed by atoms with van der Waals surface area (Å²) in [5.41, 5.74) is 1.07. The molecule has 1 aromatic heterocycles. The van der Waals surface area contributed by atoms with Crippen molar-refractivity contribution in [2.45, 2.75) is 26.2 Å². The molecule has 2 aromatic rings. The van der Waals surface area contributed by atoms with E-state index in [4.69, 9.17) is 9.52 Å². The number of rotatable bonds is 6. The summed E-state index contributed by atoms with van der Waals surface area (Å²) in [6, 6.07) is 4.61. The quantitative estimate of drug-likeness (QED) is 0.551. The highest BCUT2D eigenvalue weighted by molar-refractivity contribution is 5.82. The van der Waals surface area contributed by atoms with Gasteiger partial charge in [0.2, 0.25) is 5.91 Å². The van der Waals surface area contributed by atoms with Crippen molar-refractivity contribution < 1.29 is 19.4 Å². The van der Waals surface area contributed by atoms with E-state index in [1.807, 2.05) is 0 Å². The number of nitrogens with one attached hydrogen (secondary N) is 1. The highest BCUT2D eigenvalue weighted by Gasteiger charge is 2.13. The van der Waals surface area contributed by atoms with Gasteiger partial charge < -0.3 is 19.9 Å². The number of carbonyl (C=O) groups excluding carboxylic acids is 1. The summed E-state index contributed by atoms with van der Waals surface area (Å²) in [6.07, 6.45) is 0.975. The van der Waals surface area contributed by atoms with Crippen molar-refractivity contribution in [2.24, 2.45) is 0 Å². The maximum absolute atomic E-state index is 12.0. The third-order valence-corrected chi connectivity index (χ3v) is 3.53. The van der Waals surface area contributed by atoms with Gasteiger partial charge in [0, 0.05) is 36.6 Å². The summed E-state index contributed by atoms with van der Waals surface area (Å²) in [5.74, 6) is -0.135. The number of aliphatic hydroxyl groups is 1. The molecule has 6 heteroatoms. The molecule has 0 aliphatic rings. The first-order valence-electron chi connectivity index (χ1n) is 7.16. The Morgan fingerprint density at radius 3 is 2.86 bits per heavy atom. The first-order valence-corrected chi connectivity index (χ1v) is 7.16. The SMILES string of the molecule is Cc1c(CCC(=O)NCCCO)c(=O)oc2cc(O)ccc12. The van der Waals surface area contributed by atoms with Crippen LogP contribution in [-0.2, 0) is 11.2 Å². The molecule has 0 saturated heterocycles. The number of aliphatic hydroxyl groups excluding tert-OH is 1. The lowest BCUT2D eigenvalue weighted by Crippen LogP contribution is -2.26. The third-order valence-electron chi connectivity index (χ3n) is 3.53. The van der Waals surface area contributed by atoms with Crippen LogP contribution in [0.2, 0.25) is 0 Å². The molecule has 1 amide bonds. The van der Waals surface area contributed by atoms with E-state index in [0.29, 0.717) is 24.1 Å². The molecule has 0 fully saturated rings. The summed E-state index contributed by atoms with van der Waals surface area (Å²) >= 11 is 0. The van der Waals surface area contributed by atoms with Gasteiger partial charge in [-0.15, -0.1) is 0 Å². The largest absolute Gasteiger partial charge is 0.508 e. The third kappa shape index (κ3) is 3.65. The monoisotopic (exact) mass is 305 g/mol. The molecule has 2 rings (SSSR count). The second kappa shape index (κ2) is 7.09. The number of fused-ring (bicyclic) bond motifs is 1. The zero-order chi connectivity index (χ0) is 16.1. The van der Waals surface area contributed by atoms with Crippen molar-refractivity contribution in [3.63, 3.8) is 0 Å². The molecule has 1 heterocycles. The Bertz CT molecular complexity index is 735. The number of aromatic hydroxyl groups is 1. The van der Waals surface area contributed by atoms with Crippen LogP contribution in [0, 0.1) is 6.92 Å². The Balaban J connectivity index is 2.16. The fourth-order valence-corrected chi connectivity index (χ4v) is 2.31. The predicted molar refractivity (Wildman–Crippen MR) is 81.9 cm³/mol. The maximum Gasteiger partial charge on any atom is 0.339 e. The number of amides is 1. The first kappa shape index (κ1) is 16.0. The molecule has 6 nitrogen and oxygen atoms in total. The van der Waals surface area contributed by atoms with Gasteiger partial charge >= 0.3 is 5.63 Å². The van der Waals surface area contributed by atoms with Crippen LogP contribution in [0.1, 0.15) is 24.0 Å². The minimum absolute atomic E-state index is 0.0283. The van der Waals surface area contributed by atoms with Crippen molar-refractivity contribution in [1.82, 2.24) is 5.32 Å². The average Bonchev–Trinajstić information content (AvgIpc) is 2.46. The lowest BCUT2D eigenvalue weighted by molar-refractivity contribution is -0.121. The highest BCUT2D eigenvalue weighted by Crippen LogP contribution is 2.23. The average molecular weight is 305 g/mol. The van der Waals surface area contributed by atoms with Crippen LogP contribution in [0.5, 0.6) is 5.75 Å². The molecule has 1 aromatic carbocycles. The zero-order valence-electron chi connectivity index (χ0n) is 12.4. The first-order chi connectivity index (χ1) is 10.5. The second-order valence-electron chi connectivity index (χ2n) is 5.10. The molecular weight excluding hydrogens is 286 g/mol. The van der Waals surface area contributed by atoms with Gasteiger partial charge in [-0.05, 0) is 37.5 Å². The van der Waals surface area contributed by atoms with E-state index in [-0.39, 0.29) is 31.1 Å². The minimum Gasteiger partial charge on any atom is -0.508 e. The van der Waals surface area contributed by atoms with Crippen LogP contribution in [-0.4, -0.2) is 29.3 Å². The number of phenols is 1. The summed E-state index contributed by atoms with van der Waals surface area (Å²) in [6.45, 7) is 2.25. The molecule has 22 heavy (non-hydrogen) atoms. The van der Waals surface area contributed by atoms with Crippen molar-refractivity contribution >= 4 is 16.9 Å². The van der Waals surface area contributed by atoms with Crippen molar-refractivity contribution in [3.05, 3.63) is 39.7 Å². The second-order valence-corrected chi connectivity index (χ2v) is 5.10. The highest BCUT2D eigenvalue weighted by atomic mass is 16.4. The number of hydrogen-bond acceptors (Lipinski definition) is 5. The summed E-state index contributed by atoms with van der Waals surface area (Å²) < 4.78 is 5.20. The van der Waals surface area contributed by atoms with Gasteiger partial charge in [-0.2, -0.15) is 0 Å². The molecular formula is C16H19NO5. The summed E-state index contributed by atoms with van der Waals surface area (Å²) in [4.78, 5) is 23.7. The predicted octanol–water partition coefficient (Wildman–Crippen LogP) is 1.24. The Labute approximate surface area is 127 Å². The van der Waals surface area contributed by atoms with Gasteiger partial charge in [-0.25, -0.2) is 4.79 Å². The van der Waals surface area contributed by atoms with E-state index in [1.165, 1.54) is 12.1 Å². The molecule has 118 valence electrons. The van der Waals surface area contributed by atoms with Crippen LogP contribution >= 0.6 is 0 Å². The van der Waals surface area contributed by atoms with Crippen molar-refractivity contribution in [1.29, 1.82) is 0 Å². The Hall–Kier alpha value is -2.34. The van der Waals surface area contributed by atoms with E-state index in [1.54, 1.807) is 13.0 Å². The van der Waals surface area contributed by atoms with E-state index < -0.39 is 5.63 Å². The van der Waals surface area contributed by atoms with E-state index >= 15 is 0 Å². The number of phenolic OH excluding ortho intramolecular Hbond substituents is 1. The van der Waals surface area contributed by atoms with Crippen molar-refractivity contribution in [2.75, 3.05) is 13.2 Å². The molecule has 0 aliphatic heterocycles. The Kier molecular flexibility index (Phi) is 5.16. The van der Waals surface area contributed by atoms with Crippen LogP contribution in [0.4, 0.5) is 0 Å². The molecule has 0 radical (unpaired) electrons. The summed E-state index contributed by atoms with van der Waals surface area (Å²) in [5, 5.41) is 21.5. The van der Waals surface area contributed by atoms with Crippen molar-refractivity contribution in [3.8, 4) is 5.75 Å². The van der Waals surface area contributed by atoms with Gasteiger partial charge in [0.05, 0.1) is 0 Å². The molecule has 0 unspecified atom stereocenters. The van der Waals surface area contributed by atoms with Crippen LogP contribution in [0.25, 0.3) is 11.0 Å². The fourth-order valence-electron chi connectivity index (χ4n) is 2.31. The smallest absolute Gasteiger partial charge is 0.339 e. The molecule has 0 bridgehead atoms. The Morgan fingerprint density at radius 1 is 1.36 bits per heavy atom. The number of benzene rings is 1. The topological polar surface area (TPSA) is 99.8 Å². The number of aryl methyl sites for hydroxylation is 1. The van der Waals surface area contributed by atoms with E-state index in [2.05, 4.69) is 5.32 Å². The Morgan fingerprint density at radius 2 is 2.14 bits per heavy atom. The lowest BCUT2D eigenvalue weighted by Gasteiger charge is -2.08. The minimum atomic E-state index is -0.487. The molecule has 0 spiro atoms. The molecule has 0 atom stereocenters. The van der Waals surface area contributed by atoms with Gasteiger partial charge in [0.1, 0.15) is 11.3 Å². The number of carbonyl (C=O) groups is 1. The molecule has 3 N–H and O–H groups in total. The summed E-state index contributed by atoms with van der Waals surface area (Å²) in [7, 11) is 0. The van der Waals surface area contributed by atoms with E-state index in [9.17, 15) is 14.7 Å². The maximum atomic E-state index is 12.0. The van der Waals surface area contributed by atoms with Crippen LogP contribution in [0.3, 0.4) is 0 Å². The molecule has 0 saturated carbocycles. The van der Waals surface area contributed by atoms with Crippen LogP contribution < -0.4 is 10.9 Å². The molecule has 0 aliphatic carbocycles. The van der Waals surface area contributed by atoms with Gasteiger partial charge in [-0.3, -0.25) is 4.79 Å².